The van der Waals surface area contributed by atoms with E-state index >= 15 is 0 Å². The van der Waals surface area contributed by atoms with Gasteiger partial charge in [0.05, 0.1) is 11.8 Å². The van der Waals surface area contributed by atoms with Gasteiger partial charge in [0.25, 0.3) is 0 Å². The zero-order valence-electron chi connectivity index (χ0n) is 13.2. The third-order valence-corrected chi connectivity index (χ3v) is 3.68. The molecule has 1 aliphatic carbocycles. The number of benzene rings is 1. The normalized spacial score (nSPS) is 20.8. The highest BCUT2D eigenvalue weighted by Gasteiger charge is 2.48. The number of hydrogen-bond acceptors (Lipinski definition) is 2. The van der Waals surface area contributed by atoms with E-state index < -0.39 is 0 Å². The second-order valence-corrected chi connectivity index (χ2v) is 6.83. The molecule has 0 spiro atoms. The Morgan fingerprint density at radius 3 is 2.38 bits per heavy atom. The predicted molar refractivity (Wildman–Crippen MR) is 82.5 cm³/mol. The quantitative estimate of drug-likeness (QED) is 0.892. The molecule has 21 heavy (non-hydrogen) atoms. The van der Waals surface area contributed by atoms with Crippen molar-refractivity contribution in [2.75, 3.05) is 0 Å². The summed E-state index contributed by atoms with van der Waals surface area (Å²) in [5, 5.41) is 5.86. The van der Waals surface area contributed by atoms with Crippen LogP contribution in [0.4, 0.5) is 0 Å². The van der Waals surface area contributed by atoms with Gasteiger partial charge in [-0.25, -0.2) is 0 Å². The number of carbonyl (C=O) groups excluding carboxylic acids is 2. The van der Waals surface area contributed by atoms with Crippen LogP contribution in [0, 0.1) is 18.8 Å². The minimum absolute atomic E-state index is 0.0152. The Bertz CT molecular complexity index is 546. The minimum Gasteiger partial charge on any atom is -0.352 e. The van der Waals surface area contributed by atoms with Gasteiger partial charge in [0.1, 0.15) is 0 Å². The summed E-state index contributed by atoms with van der Waals surface area (Å²) >= 11 is 0. The molecule has 2 unspecified atom stereocenters. The van der Waals surface area contributed by atoms with Gasteiger partial charge in [-0.15, -0.1) is 0 Å². The fraction of sp³-hybridized carbons (Fsp3) is 0.529. The van der Waals surface area contributed by atoms with Crippen molar-refractivity contribution in [2.24, 2.45) is 11.8 Å². The van der Waals surface area contributed by atoms with Gasteiger partial charge in [-0.3, -0.25) is 9.59 Å². The van der Waals surface area contributed by atoms with Gasteiger partial charge in [-0.2, -0.15) is 0 Å². The molecule has 2 atom stereocenters. The van der Waals surface area contributed by atoms with Gasteiger partial charge in [0, 0.05) is 12.1 Å². The molecule has 1 aromatic carbocycles. The Balaban J connectivity index is 1.81. The van der Waals surface area contributed by atoms with Crippen molar-refractivity contribution < 1.29 is 9.59 Å². The molecule has 0 saturated heterocycles. The second kappa shape index (κ2) is 5.88. The molecule has 0 aliphatic heterocycles. The highest BCUT2D eigenvalue weighted by molar-refractivity contribution is 5.92. The number of nitrogens with one attached hydrogen (secondary N) is 2. The summed E-state index contributed by atoms with van der Waals surface area (Å²) in [6.45, 7) is 8.38. The third-order valence-electron chi connectivity index (χ3n) is 3.68. The molecule has 4 nitrogen and oxygen atoms in total. The molecule has 2 amide bonds. The zero-order chi connectivity index (χ0) is 15.6. The van der Waals surface area contributed by atoms with E-state index in [0.717, 1.165) is 11.1 Å². The highest BCUT2D eigenvalue weighted by Crippen LogP contribution is 2.39. The summed E-state index contributed by atoms with van der Waals surface area (Å²) in [4.78, 5) is 24.1. The summed E-state index contributed by atoms with van der Waals surface area (Å²) in [7, 11) is 0. The molecular formula is C17H24N2O2. The number of aryl methyl sites for hydroxylation is 1. The molecule has 4 heteroatoms. The van der Waals surface area contributed by atoms with Crippen molar-refractivity contribution in [3.8, 4) is 0 Å². The van der Waals surface area contributed by atoms with E-state index in [9.17, 15) is 9.59 Å². The van der Waals surface area contributed by atoms with E-state index in [1.165, 1.54) is 0 Å². The van der Waals surface area contributed by atoms with E-state index in [0.29, 0.717) is 13.0 Å². The predicted octanol–water partition coefficient (Wildman–Crippen LogP) is 2.16. The third kappa shape index (κ3) is 4.31. The lowest BCUT2D eigenvalue weighted by Crippen LogP contribution is -2.42. The van der Waals surface area contributed by atoms with E-state index in [2.05, 4.69) is 10.6 Å². The monoisotopic (exact) mass is 288 g/mol. The van der Waals surface area contributed by atoms with Gasteiger partial charge in [-0.05, 0) is 45.2 Å². The topological polar surface area (TPSA) is 58.2 Å². The van der Waals surface area contributed by atoms with Crippen molar-refractivity contribution in [1.29, 1.82) is 0 Å². The molecule has 2 rings (SSSR count). The van der Waals surface area contributed by atoms with Crippen LogP contribution in [0.25, 0.3) is 0 Å². The summed E-state index contributed by atoms with van der Waals surface area (Å²) in [6, 6.07) is 7.98. The molecular weight excluding hydrogens is 264 g/mol. The van der Waals surface area contributed by atoms with Crippen LogP contribution in [-0.2, 0) is 16.1 Å². The Morgan fingerprint density at radius 2 is 1.76 bits per heavy atom. The lowest BCUT2D eigenvalue weighted by atomic mass is 10.1. The molecule has 114 valence electrons. The first-order valence-electron chi connectivity index (χ1n) is 7.42. The van der Waals surface area contributed by atoms with Crippen LogP contribution in [0.15, 0.2) is 24.3 Å². The van der Waals surface area contributed by atoms with E-state index in [4.69, 9.17) is 0 Å². The molecule has 1 aromatic rings. The molecule has 0 aromatic heterocycles. The first-order chi connectivity index (χ1) is 9.78. The van der Waals surface area contributed by atoms with Gasteiger partial charge in [0.2, 0.25) is 11.8 Å². The standard InChI is InChI=1S/C17H24N2O2/c1-11-7-5-6-8-12(11)10-18-15(20)13-9-14(13)16(21)19-17(2,3)4/h5-8,13-14H,9-10H2,1-4H3,(H,18,20)(H,19,21). The Morgan fingerprint density at radius 1 is 1.14 bits per heavy atom. The average Bonchev–Trinajstić information content (AvgIpc) is 3.15. The molecule has 1 fully saturated rings. The summed E-state index contributed by atoms with van der Waals surface area (Å²) < 4.78 is 0. The van der Waals surface area contributed by atoms with Crippen LogP contribution in [-0.4, -0.2) is 17.4 Å². The van der Waals surface area contributed by atoms with Crippen molar-refractivity contribution >= 4 is 11.8 Å². The second-order valence-electron chi connectivity index (χ2n) is 6.83. The van der Waals surface area contributed by atoms with Crippen LogP contribution in [0.3, 0.4) is 0 Å². The van der Waals surface area contributed by atoms with E-state index in [1.54, 1.807) is 0 Å². The van der Waals surface area contributed by atoms with Crippen molar-refractivity contribution in [3.63, 3.8) is 0 Å². The molecule has 0 heterocycles. The summed E-state index contributed by atoms with van der Waals surface area (Å²) in [5.74, 6) is -0.372. The number of amides is 2. The Hall–Kier alpha value is -1.84. The van der Waals surface area contributed by atoms with Crippen molar-refractivity contribution in [2.45, 2.75) is 46.2 Å². The van der Waals surface area contributed by atoms with Gasteiger partial charge < -0.3 is 10.6 Å². The van der Waals surface area contributed by atoms with E-state index in [-0.39, 0.29) is 29.2 Å². The first kappa shape index (κ1) is 15.5. The molecule has 1 saturated carbocycles. The lowest BCUT2D eigenvalue weighted by Gasteiger charge is -2.20. The average molecular weight is 288 g/mol. The van der Waals surface area contributed by atoms with Crippen molar-refractivity contribution in [1.82, 2.24) is 10.6 Å². The largest absolute Gasteiger partial charge is 0.352 e. The Labute approximate surface area is 126 Å². The van der Waals surface area contributed by atoms with Crippen LogP contribution in [0.2, 0.25) is 0 Å². The molecule has 0 bridgehead atoms. The summed E-state index contributed by atoms with van der Waals surface area (Å²) in [5.41, 5.74) is 2.03. The minimum atomic E-state index is -0.248. The van der Waals surface area contributed by atoms with Crippen LogP contribution in [0.5, 0.6) is 0 Å². The fourth-order valence-corrected chi connectivity index (χ4v) is 2.36. The maximum absolute atomic E-state index is 12.1. The van der Waals surface area contributed by atoms with Gasteiger partial charge in [0.15, 0.2) is 0 Å². The van der Waals surface area contributed by atoms with Gasteiger partial charge in [-0.1, -0.05) is 24.3 Å². The Kier molecular flexibility index (Phi) is 4.35. The van der Waals surface area contributed by atoms with Crippen LogP contribution < -0.4 is 10.6 Å². The smallest absolute Gasteiger partial charge is 0.224 e. The fourth-order valence-electron chi connectivity index (χ4n) is 2.36. The van der Waals surface area contributed by atoms with Crippen molar-refractivity contribution in [3.05, 3.63) is 35.4 Å². The number of hydrogen-bond donors (Lipinski definition) is 2. The van der Waals surface area contributed by atoms with Crippen LogP contribution in [0.1, 0.15) is 38.3 Å². The number of carbonyl (C=O) groups is 2. The first-order valence-corrected chi connectivity index (χ1v) is 7.42. The summed E-state index contributed by atoms with van der Waals surface area (Å²) in [6.07, 6.45) is 0.654. The maximum Gasteiger partial charge on any atom is 0.224 e. The molecule has 2 N–H and O–H groups in total. The number of rotatable bonds is 4. The highest BCUT2D eigenvalue weighted by atomic mass is 16.2. The van der Waals surface area contributed by atoms with Gasteiger partial charge >= 0.3 is 0 Å². The zero-order valence-corrected chi connectivity index (χ0v) is 13.2. The van der Waals surface area contributed by atoms with Crippen LogP contribution >= 0.6 is 0 Å². The maximum atomic E-state index is 12.1. The lowest BCUT2D eigenvalue weighted by molar-refractivity contribution is -0.128. The molecule has 0 radical (unpaired) electrons. The molecule has 1 aliphatic rings. The van der Waals surface area contributed by atoms with E-state index in [1.807, 2.05) is 52.0 Å². The SMILES string of the molecule is Cc1ccccc1CNC(=O)C1CC1C(=O)NC(C)(C)C.